The van der Waals surface area contributed by atoms with Crippen molar-refractivity contribution in [1.82, 2.24) is 0 Å². The molecule has 0 saturated heterocycles. The van der Waals surface area contributed by atoms with Gasteiger partial charge in [0.2, 0.25) is 5.91 Å². The highest BCUT2D eigenvalue weighted by molar-refractivity contribution is 5.97. The number of aromatic carboxylic acids is 1. The summed E-state index contributed by atoms with van der Waals surface area (Å²) in [5.74, 6) is -2.66. The van der Waals surface area contributed by atoms with Crippen molar-refractivity contribution in [3.05, 3.63) is 29.8 Å². The van der Waals surface area contributed by atoms with Crippen molar-refractivity contribution < 1.29 is 24.6 Å². The van der Waals surface area contributed by atoms with E-state index >= 15 is 0 Å². The Bertz CT molecular complexity index is 524. The van der Waals surface area contributed by atoms with Crippen LogP contribution in [0.5, 0.6) is 0 Å². The quantitative estimate of drug-likeness (QED) is 0.828. The average Bonchev–Trinajstić information content (AvgIpc) is 2.38. The fourth-order valence-electron chi connectivity index (χ4n) is 1.69. The Kier molecular flexibility index (Phi) is 5.25. The topological polar surface area (TPSA) is 94.9 Å². The van der Waals surface area contributed by atoms with Gasteiger partial charge < -0.3 is 15.1 Å². The second-order valence-electron chi connectivity index (χ2n) is 4.64. The van der Waals surface area contributed by atoms with Gasteiger partial charge >= 0.3 is 11.9 Å². The lowest BCUT2D eigenvalue weighted by molar-refractivity contribution is -0.136. The first-order valence-electron chi connectivity index (χ1n) is 6.19. The van der Waals surface area contributed by atoms with E-state index in [1.54, 1.807) is 19.9 Å². The van der Waals surface area contributed by atoms with E-state index < -0.39 is 11.9 Å². The molecule has 0 spiro atoms. The first-order chi connectivity index (χ1) is 9.32. The van der Waals surface area contributed by atoms with Crippen LogP contribution in [0.2, 0.25) is 0 Å². The van der Waals surface area contributed by atoms with Gasteiger partial charge in [0, 0.05) is 18.2 Å². The van der Waals surface area contributed by atoms with Crippen LogP contribution >= 0.6 is 0 Å². The highest BCUT2D eigenvalue weighted by atomic mass is 16.4. The molecule has 0 fully saturated rings. The first kappa shape index (κ1) is 15.7. The van der Waals surface area contributed by atoms with Crippen LogP contribution in [0.25, 0.3) is 0 Å². The second-order valence-corrected chi connectivity index (χ2v) is 4.64. The van der Waals surface area contributed by atoms with E-state index in [9.17, 15) is 14.4 Å². The smallest absolute Gasteiger partial charge is 0.335 e. The molecule has 0 aromatic heterocycles. The number of hydrogen-bond acceptors (Lipinski definition) is 3. The Morgan fingerprint density at radius 3 is 2.35 bits per heavy atom. The summed E-state index contributed by atoms with van der Waals surface area (Å²) in [5, 5.41) is 17.7. The maximum absolute atomic E-state index is 12.1. The molecule has 0 unspecified atom stereocenters. The molecule has 0 aliphatic rings. The molecule has 6 nitrogen and oxygen atoms in total. The van der Waals surface area contributed by atoms with Crippen molar-refractivity contribution in [2.45, 2.75) is 20.3 Å². The van der Waals surface area contributed by atoms with Gasteiger partial charge in [0.15, 0.2) is 0 Å². The Labute approximate surface area is 116 Å². The Balaban J connectivity index is 3.08. The number of anilines is 1. The van der Waals surface area contributed by atoms with Crippen LogP contribution in [0.1, 0.15) is 30.6 Å². The molecule has 1 rings (SSSR count). The fourth-order valence-corrected chi connectivity index (χ4v) is 1.69. The zero-order chi connectivity index (χ0) is 15.3. The maximum Gasteiger partial charge on any atom is 0.335 e. The van der Waals surface area contributed by atoms with Gasteiger partial charge in [-0.15, -0.1) is 0 Å². The van der Waals surface area contributed by atoms with Gasteiger partial charge in [-0.25, -0.2) is 4.79 Å². The van der Waals surface area contributed by atoms with Gasteiger partial charge in [-0.1, -0.05) is 19.9 Å². The summed E-state index contributed by atoms with van der Waals surface area (Å²) < 4.78 is 0. The molecule has 0 aliphatic heterocycles. The van der Waals surface area contributed by atoms with Gasteiger partial charge in [-0.05, 0) is 18.2 Å². The molecule has 0 bridgehead atoms. The molecule has 1 aromatic rings. The van der Waals surface area contributed by atoms with Crippen LogP contribution in [0.15, 0.2) is 24.3 Å². The Hall–Kier alpha value is -2.37. The summed E-state index contributed by atoms with van der Waals surface area (Å²) in [6, 6.07) is 5.90. The largest absolute Gasteiger partial charge is 0.481 e. The van der Waals surface area contributed by atoms with E-state index in [0.717, 1.165) is 0 Å². The molecule has 0 aliphatic carbocycles. The molecule has 0 atom stereocenters. The molecule has 1 amide bonds. The lowest BCUT2D eigenvalue weighted by Crippen LogP contribution is -2.36. The summed E-state index contributed by atoms with van der Waals surface area (Å²) in [5.41, 5.74) is 0.448. The first-order valence-corrected chi connectivity index (χ1v) is 6.19. The van der Waals surface area contributed by atoms with E-state index in [-0.39, 0.29) is 30.4 Å². The van der Waals surface area contributed by atoms with Crippen molar-refractivity contribution in [1.29, 1.82) is 0 Å². The van der Waals surface area contributed by atoms with E-state index in [1.807, 2.05) is 0 Å². The van der Waals surface area contributed by atoms with Crippen LogP contribution < -0.4 is 4.90 Å². The molecular weight excluding hydrogens is 262 g/mol. The van der Waals surface area contributed by atoms with Crippen molar-refractivity contribution in [3.63, 3.8) is 0 Å². The van der Waals surface area contributed by atoms with Gasteiger partial charge in [-0.2, -0.15) is 0 Å². The number of nitrogens with zero attached hydrogens (tertiary/aromatic N) is 1. The van der Waals surface area contributed by atoms with E-state index in [1.165, 1.54) is 23.1 Å². The molecule has 2 N–H and O–H groups in total. The highest BCUT2D eigenvalue weighted by Crippen LogP contribution is 2.19. The van der Waals surface area contributed by atoms with Gasteiger partial charge in [-0.3, -0.25) is 9.59 Å². The van der Waals surface area contributed by atoms with Crippen LogP contribution in [0.3, 0.4) is 0 Å². The Morgan fingerprint density at radius 1 is 1.20 bits per heavy atom. The third-order valence-electron chi connectivity index (χ3n) is 2.71. The monoisotopic (exact) mass is 279 g/mol. The van der Waals surface area contributed by atoms with Crippen LogP contribution in [-0.2, 0) is 9.59 Å². The van der Waals surface area contributed by atoms with E-state index in [0.29, 0.717) is 5.69 Å². The predicted octanol–water partition coefficient (Wildman–Crippen LogP) is 1.85. The minimum atomic E-state index is -1.10. The number of amides is 1. The number of carboxylic acids is 2. The van der Waals surface area contributed by atoms with Gasteiger partial charge in [0.05, 0.1) is 12.0 Å². The average molecular weight is 279 g/mol. The van der Waals surface area contributed by atoms with Gasteiger partial charge in [0.25, 0.3) is 0 Å². The zero-order valence-corrected chi connectivity index (χ0v) is 11.4. The Morgan fingerprint density at radius 2 is 1.85 bits per heavy atom. The predicted molar refractivity (Wildman–Crippen MR) is 72.8 cm³/mol. The minimum Gasteiger partial charge on any atom is -0.481 e. The molecule has 0 radical (unpaired) electrons. The standard InChI is InChI=1S/C14H17NO5/c1-9(2)13(18)15(7-6-12(16)17)11-5-3-4-10(8-11)14(19)20/h3-5,8-9H,6-7H2,1-2H3,(H,16,17)(H,19,20). The normalized spacial score (nSPS) is 10.3. The second kappa shape index (κ2) is 6.70. The van der Waals surface area contributed by atoms with Crippen LogP contribution in [-0.4, -0.2) is 34.6 Å². The maximum atomic E-state index is 12.1. The highest BCUT2D eigenvalue weighted by Gasteiger charge is 2.20. The number of aliphatic carboxylic acids is 1. The lowest BCUT2D eigenvalue weighted by Gasteiger charge is -2.24. The minimum absolute atomic E-state index is 0.00934. The molecule has 0 heterocycles. The van der Waals surface area contributed by atoms with Crippen LogP contribution in [0.4, 0.5) is 5.69 Å². The summed E-state index contributed by atoms with van der Waals surface area (Å²) in [6.07, 6.45) is -0.199. The zero-order valence-electron chi connectivity index (χ0n) is 11.4. The number of carboxylic acid groups (broad SMARTS) is 2. The summed E-state index contributed by atoms with van der Waals surface area (Å²) in [4.78, 5) is 35.1. The van der Waals surface area contributed by atoms with Gasteiger partial charge in [0.1, 0.15) is 0 Å². The molecule has 108 valence electrons. The number of benzene rings is 1. The van der Waals surface area contributed by atoms with Crippen LogP contribution in [0, 0.1) is 5.92 Å². The summed E-state index contributed by atoms with van der Waals surface area (Å²) >= 11 is 0. The van der Waals surface area contributed by atoms with E-state index in [4.69, 9.17) is 10.2 Å². The molecule has 0 saturated carbocycles. The summed E-state index contributed by atoms with van der Waals surface area (Å²) in [6.45, 7) is 3.42. The SMILES string of the molecule is CC(C)C(=O)N(CCC(=O)O)c1cccc(C(=O)O)c1. The van der Waals surface area contributed by atoms with Crippen molar-refractivity contribution >= 4 is 23.5 Å². The molecule has 20 heavy (non-hydrogen) atoms. The number of hydrogen-bond donors (Lipinski definition) is 2. The fraction of sp³-hybridized carbons (Fsp3) is 0.357. The third-order valence-corrected chi connectivity index (χ3v) is 2.71. The molecule has 1 aromatic carbocycles. The third kappa shape index (κ3) is 4.08. The number of carbonyl (C=O) groups excluding carboxylic acids is 1. The number of rotatable bonds is 6. The lowest BCUT2D eigenvalue weighted by atomic mass is 10.1. The molecule has 6 heteroatoms. The number of carbonyl (C=O) groups is 3. The van der Waals surface area contributed by atoms with E-state index in [2.05, 4.69) is 0 Å². The van der Waals surface area contributed by atoms with Crippen molar-refractivity contribution in [2.75, 3.05) is 11.4 Å². The van der Waals surface area contributed by atoms with Crippen molar-refractivity contribution in [3.8, 4) is 0 Å². The molecular formula is C14H17NO5. The summed E-state index contributed by atoms with van der Waals surface area (Å²) in [7, 11) is 0. The van der Waals surface area contributed by atoms with Crippen molar-refractivity contribution in [2.24, 2.45) is 5.92 Å².